The minimum Gasteiger partial charge on any atom is -0.487 e. The second-order valence-corrected chi connectivity index (χ2v) is 8.48. The lowest BCUT2D eigenvalue weighted by atomic mass is 9.90. The number of hydrogen-bond donors (Lipinski definition) is 2. The van der Waals surface area contributed by atoms with Crippen molar-refractivity contribution in [2.75, 3.05) is 7.05 Å². The predicted molar refractivity (Wildman–Crippen MR) is 142 cm³/mol. The monoisotopic (exact) mass is 558 g/mol. The third-order valence-corrected chi connectivity index (χ3v) is 5.38. The van der Waals surface area contributed by atoms with Gasteiger partial charge in [0.2, 0.25) is 0 Å². The summed E-state index contributed by atoms with van der Waals surface area (Å²) >= 11 is 0. The van der Waals surface area contributed by atoms with Crippen molar-refractivity contribution in [1.29, 1.82) is 0 Å². The van der Waals surface area contributed by atoms with Crippen molar-refractivity contribution >= 4 is 29.9 Å². The van der Waals surface area contributed by atoms with Crippen LogP contribution in [0.5, 0.6) is 11.5 Å². The zero-order valence-corrected chi connectivity index (χ0v) is 21.6. The highest BCUT2D eigenvalue weighted by atomic mass is 127. The molecule has 2 N–H and O–H groups in total. The fourth-order valence-electron chi connectivity index (χ4n) is 3.86. The highest BCUT2D eigenvalue weighted by molar-refractivity contribution is 14.0. The van der Waals surface area contributed by atoms with Gasteiger partial charge >= 0.3 is 0 Å². The molecular formula is C26H31IN4O2. The van der Waals surface area contributed by atoms with Gasteiger partial charge in [0.05, 0.1) is 11.7 Å². The smallest absolute Gasteiger partial charge is 0.191 e. The van der Waals surface area contributed by atoms with Crippen molar-refractivity contribution in [1.82, 2.24) is 15.6 Å². The second-order valence-electron chi connectivity index (χ2n) is 8.48. The highest BCUT2D eigenvalue weighted by Gasteiger charge is 2.33. The molecule has 1 aliphatic heterocycles. The number of pyridine rings is 1. The second kappa shape index (κ2) is 11.4. The van der Waals surface area contributed by atoms with E-state index in [0.29, 0.717) is 13.2 Å². The van der Waals surface area contributed by atoms with Gasteiger partial charge in [-0.15, -0.1) is 24.0 Å². The maximum atomic E-state index is 6.14. The molecular weight excluding hydrogens is 527 g/mol. The molecule has 0 amide bonds. The Morgan fingerprint density at radius 3 is 2.73 bits per heavy atom. The molecule has 3 aromatic rings. The zero-order valence-electron chi connectivity index (χ0n) is 19.2. The number of hydrogen-bond acceptors (Lipinski definition) is 4. The minimum absolute atomic E-state index is 0. The number of nitrogens with zero attached hydrogens (tertiary/aromatic N) is 2. The Labute approximate surface area is 212 Å². The van der Waals surface area contributed by atoms with E-state index in [1.54, 1.807) is 13.2 Å². The summed E-state index contributed by atoms with van der Waals surface area (Å²) in [6.45, 7) is 5.31. The van der Waals surface area contributed by atoms with Crippen LogP contribution in [0, 0.1) is 0 Å². The summed E-state index contributed by atoms with van der Waals surface area (Å²) < 4.78 is 12.0. The van der Waals surface area contributed by atoms with E-state index in [9.17, 15) is 0 Å². The lowest BCUT2D eigenvalue weighted by Gasteiger charge is -2.38. The molecule has 0 bridgehead atoms. The molecule has 6 nitrogen and oxygen atoms in total. The molecule has 33 heavy (non-hydrogen) atoms. The molecule has 4 rings (SSSR count). The highest BCUT2D eigenvalue weighted by Crippen LogP contribution is 2.39. The van der Waals surface area contributed by atoms with Crippen LogP contribution in [0.2, 0.25) is 0 Å². The molecule has 7 heteroatoms. The maximum absolute atomic E-state index is 6.14. The van der Waals surface area contributed by atoms with Gasteiger partial charge in [-0.2, -0.15) is 0 Å². The first-order valence-corrected chi connectivity index (χ1v) is 10.9. The molecule has 0 fully saturated rings. The SMILES string of the molecule is CN=C(NCc1cccc(OCc2ccccn2)c1)NC1CC(C)(C)Oc2ccccc21.I. The molecule has 0 radical (unpaired) electrons. The molecule has 1 atom stereocenters. The third-order valence-electron chi connectivity index (χ3n) is 5.38. The van der Waals surface area contributed by atoms with Gasteiger partial charge in [-0.05, 0) is 49.7 Å². The van der Waals surface area contributed by atoms with Gasteiger partial charge in [-0.3, -0.25) is 9.98 Å². The molecule has 0 aliphatic carbocycles. The average molecular weight is 558 g/mol. The minimum atomic E-state index is -0.246. The Hall–Kier alpha value is -2.81. The first kappa shape index (κ1) is 24.8. The lowest BCUT2D eigenvalue weighted by molar-refractivity contribution is 0.0694. The number of para-hydroxylation sites is 1. The van der Waals surface area contributed by atoms with Crippen molar-refractivity contribution in [2.45, 2.75) is 45.1 Å². The van der Waals surface area contributed by atoms with Crippen LogP contribution >= 0.6 is 24.0 Å². The van der Waals surface area contributed by atoms with Crippen molar-refractivity contribution in [2.24, 2.45) is 4.99 Å². The summed E-state index contributed by atoms with van der Waals surface area (Å²) in [6, 6.07) is 22.2. The Morgan fingerprint density at radius 1 is 1.12 bits per heavy atom. The molecule has 174 valence electrons. The first-order chi connectivity index (χ1) is 15.5. The maximum Gasteiger partial charge on any atom is 0.191 e. The van der Waals surface area contributed by atoms with E-state index >= 15 is 0 Å². The van der Waals surface area contributed by atoms with E-state index in [2.05, 4.69) is 46.6 Å². The summed E-state index contributed by atoms with van der Waals surface area (Å²) in [6.07, 6.45) is 2.62. The van der Waals surface area contributed by atoms with Crippen molar-refractivity contribution in [3.05, 3.63) is 89.7 Å². The van der Waals surface area contributed by atoms with Crippen molar-refractivity contribution in [3.63, 3.8) is 0 Å². The summed E-state index contributed by atoms with van der Waals surface area (Å²) in [5, 5.41) is 6.99. The quantitative estimate of drug-likeness (QED) is 0.246. The van der Waals surface area contributed by atoms with E-state index in [1.165, 1.54) is 0 Å². The van der Waals surface area contributed by atoms with Crippen molar-refractivity contribution in [3.8, 4) is 11.5 Å². The summed E-state index contributed by atoms with van der Waals surface area (Å²) in [4.78, 5) is 8.73. The van der Waals surface area contributed by atoms with Crippen LogP contribution in [-0.4, -0.2) is 23.6 Å². The van der Waals surface area contributed by atoms with Gasteiger partial charge in [-0.1, -0.05) is 36.4 Å². The van der Waals surface area contributed by atoms with E-state index in [0.717, 1.165) is 40.7 Å². The predicted octanol–water partition coefficient (Wildman–Crippen LogP) is 5.25. The topological polar surface area (TPSA) is 67.8 Å². The summed E-state index contributed by atoms with van der Waals surface area (Å²) in [5.74, 6) is 2.50. The third kappa shape index (κ3) is 6.83. The fraction of sp³-hybridized carbons (Fsp3) is 0.308. The number of rotatable bonds is 6. The summed E-state index contributed by atoms with van der Waals surface area (Å²) in [7, 11) is 1.79. The summed E-state index contributed by atoms with van der Waals surface area (Å²) in [5.41, 5.74) is 2.92. The van der Waals surface area contributed by atoms with Gasteiger partial charge in [-0.25, -0.2) is 0 Å². The molecule has 1 aromatic heterocycles. The number of nitrogens with one attached hydrogen (secondary N) is 2. The van der Waals surface area contributed by atoms with Gasteiger partial charge in [0.25, 0.3) is 0 Å². The number of fused-ring (bicyclic) bond motifs is 1. The lowest BCUT2D eigenvalue weighted by Crippen LogP contribution is -2.45. The van der Waals surface area contributed by atoms with E-state index < -0.39 is 0 Å². The fourth-order valence-corrected chi connectivity index (χ4v) is 3.86. The van der Waals surface area contributed by atoms with Gasteiger partial charge in [0.1, 0.15) is 23.7 Å². The molecule has 1 unspecified atom stereocenters. The Morgan fingerprint density at radius 2 is 1.94 bits per heavy atom. The number of ether oxygens (including phenoxy) is 2. The molecule has 0 saturated carbocycles. The van der Waals surface area contributed by atoms with Gasteiger partial charge < -0.3 is 20.1 Å². The average Bonchev–Trinajstić information content (AvgIpc) is 2.80. The van der Waals surface area contributed by atoms with E-state index in [-0.39, 0.29) is 35.6 Å². The van der Waals surface area contributed by atoms with Crippen LogP contribution in [0.1, 0.15) is 43.1 Å². The van der Waals surface area contributed by atoms with Gasteiger partial charge in [0.15, 0.2) is 5.96 Å². The molecule has 0 spiro atoms. The van der Waals surface area contributed by atoms with Crippen LogP contribution in [-0.2, 0) is 13.2 Å². The van der Waals surface area contributed by atoms with E-state index in [4.69, 9.17) is 9.47 Å². The normalized spacial score (nSPS) is 16.6. The zero-order chi connectivity index (χ0) is 22.4. The van der Waals surface area contributed by atoms with E-state index in [1.807, 2.05) is 54.6 Å². The van der Waals surface area contributed by atoms with Gasteiger partial charge in [0, 0.05) is 31.8 Å². The first-order valence-electron chi connectivity index (χ1n) is 10.9. The van der Waals surface area contributed by atoms with Crippen molar-refractivity contribution < 1.29 is 9.47 Å². The molecule has 2 aromatic carbocycles. The Balaban J connectivity index is 0.00000306. The molecule has 0 saturated heterocycles. The van der Waals surface area contributed by atoms with Crippen LogP contribution in [0.4, 0.5) is 0 Å². The molecule has 1 aliphatic rings. The Kier molecular flexibility index (Phi) is 8.55. The molecule has 2 heterocycles. The van der Waals surface area contributed by atoms with Crippen LogP contribution < -0.4 is 20.1 Å². The number of benzene rings is 2. The van der Waals surface area contributed by atoms with Crippen LogP contribution in [0.25, 0.3) is 0 Å². The number of aliphatic imine (C=N–C) groups is 1. The number of halogens is 1. The largest absolute Gasteiger partial charge is 0.487 e. The number of aromatic nitrogens is 1. The Bertz CT molecular complexity index is 1070. The van der Waals surface area contributed by atoms with Crippen LogP contribution in [0.15, 0.2) is 77.9 Å². The number of guanidine groups is 1. The van der Waals surface area contributed by atoms with Crippen LogP contribution in [0.3, 0.4) is 0 Å². The standard InChI is InChI=1S/C26H30N4O2.HI/c1-26(2)16-23(22-12-4-5-13-24(22)32-26)30-25(27-3)29-17-19-9-8-11-21(15-19)31-18-20-10-6-7-14-28-20;/h4-15,23H,16-18H2,1-3H3,(H2,27,29,30);1H.